The van der Waals surface area contributed by atoms with Crippen molar-refractivity contribution in [3.05, 3.63) is 57.7 Å². The average molecular weight is 283 g/mol. The van der Waals surface area contributed by atoms with E-state index >= 15 is 0 Å². The number of nitrogens with one attached hydrogen (secondary N) is 1. The van der Waals surface area contributed by atoms with E-state index in [9.17, 15) is 0 Å². The zero-order chi connectivity index (χ0) is 15.4. The summed E-state index contributed by atoms with van der Waals surface area (Å²) in [6.07, 6.45) is 0.797. The molecule has 0 saturated heterocycles. The van der Waals surface area contributed by atoms with Crippen molar-refractivity contribution in [3.63, 3.8) is 0 Å². The van der Waals surface area contributed by atoms with Crippen molar-refractivity contribution >= 4 is 0 Å². The van der Waals surface area contributed by atoms with Crippen LogP contribution in [0.5, 0.6) is 0 Å². The summed E-state index contributed by atoms with van der Waals surface area (Å²) in [6, 6.07) is 6.63. The minimum absolute atomic E-state index is 0.797. The largest absolute Gasteiger partial charge is 0.313 e. The van der Waals surface area contributed by atoms with Gasteiger partial charge in [0, 0.05) is 29.9 Å². The van der Waals surface area contributed by atoms with Gasteiger partial charge in [0.05, 0.1) is 0 Å². The Labute approximate surface area is 127 Å². The van der Waals surface area contributed by atoms with Crippen LogP contribution in [0.1, 0.15) is 46.4 Å². The summed E-state index contributed by atoms with van der Waals surface area (Å²) in [5, 5.41) is 3.35. The smallest absolute Gasteiger partial charge is 0.133 e. The third-order valence-electron chi connectivity index (χ3n) is 3.66. The van der Waals surface area contributed by atoms with Gasteiger partial charge in [-0.05, 0) is 39.8 Å². The van der Waals surface area contributed by atoms with Crippen LogP contribution in [0.4, 0.5) is 0 Å². The van der Waals surface area contributed by atoms with E-state index < -0.39 is 0 Å². The normalized spacial score (nSPS) is 10.9. The van der Waals surface area contributed by atoms with Crippen LogP contribution in [0.15, 0.2) is 18.2 Å². The maximum atomic E-state index is 4.69. The monoisotopic (exact) mass is 283 g/mol. The van der Waals surface area contributed by atoms with Gasteiger partial charge in [-0.3, -0.25) is 0 Å². The number of hydrogen-bond donors (Lipinski definition) is 1. The molecule has 0 amide bonds. The fraction of sp³-hybridized carbons (Fsp3) is 0.444. The van der Waals surface area contributed by atoms with Crippen molar-refractivity contribution < 1.29 is 0 Å². The molecule has 1 N–H and O–H groups in total. The third-order valence-corrected chi connectivity index (χ3v) is 3.66. The molecule has 0 unspecified atom stereocenters. The number of aromatic nitrogens is 2. The van der Waals surface area contributed by atoms with Crippen LogP contribution < -0.4 is 5.32 Å². The van der Waals surface area contributed by atoms with Crippen LogP contribution in [0.2, 0.25) is 0 Å². The van der Waals surface area contributed by atoms with E-state index in [-0.39, 0.29) is 0 Å². The molecular formula is C18H25N3. The molecule has 0 spiro atoms. The van der Waals surface area contributed by atoms with E-state index in [0.29, 0.717) is 0 Å². The fourth-order valence-corrected chi connectivity index (χ4v) is 2.75. The van der Waals surface area contributed by atoms with Crippen molar-refractivity contribution in [2.75, 3.05) is 6.54 Å². The molecule has 1 heterocycles. The summed E-state index contributed by atoms with van der Waals surface area (Å²) >= 11 is 0. The Kier molecular flexibility index (Phi) is 5.07. The molecule has 0 radical (unpaired) electrons. The van der Waals surface area contributed by atoms with Crippen LogP contribution in [0.3, 0.4) is 0 Å². The molecule has 0 aliphatic rings. The maximum Gasteiger partial charge on any atom is 0.133 e. The highest BCUT2D eigenvalue weighted by Gasteiger charge is 2.09. The molecule has 1 aromatic heterocycles. The van der Waals surface area contributed by atoms with E-state index in [2.05, 4.69) is 58.1 Å². The summed E-state index contributed by atoms with van der Waals surface area (Å²) in [7, 11) is 0. The molecule has 0 fully saturated rings. The minimum Gasteiger partial charge on any atom is -0.313 e. The second kappa shape index (κ2) is 6.81. The highest BCUT2D eigenvalue weighted by Crippen LogP contribution is 2.15. The topological polar surface area (TPSA) is 37.8 Å². The Hall–Kier alpha value is -1.74. The molecule has 2 rings (SSSR count). The highest BCUT2D eigenvalue weighted by atomic mass is 14.9. The Morgan fingerprint density at radius 3 is 2.00 bits per heavy atom. The van der Waals surface area contributed by atoms with Crippen LogP contribution in [0, 0.1) is 27.7 Å². The Morgan fingerprint density at radius 2 is 1.48 bits per heavy atom. The number of rotatable bonds is 5. The van der Waals surface area contributed by atoms with Crippen molar-refractivity contribution in [3.8, 4) is 0 Å². The molecule has 0 atom stereocenters. The number of aryl methyl sites for hydroxylation is 4. The average Bonchev–Trinajstić information content (AvgIpc) is 2.36. The molecule has 2 aromatic rings. The van der Waals surface area contributed by atoms with Gasteiger partial charge in [-0.25, -0.2) is 9.97 Å². The summed E-state index contributed by atoms with van der Waals surface area (Å²) in [6.45, 7) is 12.3. The summed E-state index contributed by atoms with van der Waals surface area (Å²) < 4.78 is 0. The number of nitrogens with zero attached hydrogens (tertiary/aromatic N) is 2. The van der Waals surface area contributed by atoms with Crippen molar-refractivity contribution in [2.24, 2.45) is 0 Å². The van der Waals surface area contributed by atoms with Gasteiger partial charge in [0.25, 0.3) is 0 Å². The fourth-order valence-electron chi connectivity index (χ4n) is 2.75. The molecule has 0 aliphatic carbocycles. The lowest BCUT2D eigenvalue weighted by molar-refractivity contribution is 0.706. The van der Waals surface area contributed by atoms with E-state index in [1.54, 1.807) is 0 Å². The first-order chi connectivity index (χ1) is 9.99. The van der Waals surface area contributed by atoms with Crippen LogP contribution >= 0.6 is 0 Å². The minimum atomic E-state index is 0.797. The van der Waals surface area contributed by atoms with Gasteiger partial charge in [-0.1, -0.05) is 36.2 Å². The zero-order valence-electron chi connectivity index (χ0n) is 13.7. The SMILES string of the molecule is CCNCc1c(C)nc(Cc2cc(C)cc(C)c2)nc1C. The molecule has 0 saturated carbocycles. The summed E-state index contributed by atoms with van der Waals surface area (Å²) in [5.74, 6) is 0.912. The lowest BCUT2D eigenvalue weighted by Gasteiger charge is -2.12. The van der Waals surface area contributed by atoms with Gasteiger partial charge >= 0.3 is 0 Å². The quantitative estimate of drug-likeness (QED) is 0.913. The van der Waals surface area contributed by atoms with E-state index in [0.717, 1.165) is 36.7 Å². The highest BCUT2D eigenvalue weighted by molar-refractivity contribution is 5.31. The predicted molar refractivity (Wildman–Crippen MR) is 87.6 cm³/mol. The van der Waals surface area contributed by atoms with Crippen LogP contribution in [0.25, 0.3) is 0 Å². The molecule has 3 heteroatoms. The van der Waals surface area contributed by atoms with Gasteiger partial charge < -0.3 is 5.32 Å². The Balaban J connectivity index is 2.25. The van der Waals surface area contributed by atoms with Crippen molar-refractivity contribution in [1.82, 2.24) is 15.3 Å². The first-order valence-electron chi connectivity index (χ1n) is 7.60. The number of hydrogen-bond acceptors (Lipinski definition) is 3. The Morgan fingerprint density at radius 1 is 0.905 bits per heavy atom. The molecule has 112 valence electrons. The third kappa shape index (κ3) is 4.11. The second-order valence-corrected chi connectivity index (χ2v) is 5.74. The molecule has 1 aromatic carbocycles. The summed E-state index contributed by atoms with van der Waals surface area (Å²) in [5.41, 5.74) is 7.27. The molecule has 3 nitrogen and oxygen atoms in total. The standard InChI is InChI=1S/C18H25N3/c1-6-19-11-17-14(4)20-18(21-15(17)5)10-16-8-12(2)7-13(3)9-16/h7-9,19H,6,10-11H2,1-5H3. The molecule has 21 heavy (non-hydrogen) atoms. The zero-order valence-corrected chi connectivity index (χ0v) is 13.7. The summed E-state index contributed by atoms with van der Waals surface area (Å²) in [4.78, 5) is 9.38. The first kappa shape index (κ1) is 15.6. The lowest BCUT2D eigenvalue weighted by Crippen LogP contribution is -2.16. The maximum absolute atomic E-state index is 4.69. The molecule has 0 bridgehead atoms. The van der Waals surface area contributed by atoms with E-state index in [4.69, 9.17) is 9.97 Å². The van der Waals surface area contributed by atoms with Crippen molar-refractivity contribution in [2.45, 2.75) is 47.6 Å². The molecular weight excluding hydrogens is 258 g/mol. The predicted octanol–water partition coefficient (Wildman–Crippen LogP) is 3.41. The van der Waals surface area contributed by atoms with Crippen LogP contribution in [-0.2, 0) is 13.0 Å². The van der Waals surface area contributed by atoms with E-state index in [1.807, 2.05) is 0 Å². The van der Waals surface area contributed by atoms with Crippen LogP contribution in [-0.4, -0.2) is 16.5 Å². The van der Waals surface area contributed by atoms with Gasteiger partial charge in [-0.2, -0.15) is 0 Å². The lowest BCUT2D eigenvalue weighted by atomic mass is 10.0. The molecule has 0 aliphatic heterocycles. The first-order valence-corrected chi connectivity index (χ1v) is 7.60. The van der Waals surface area contributed by atoms with Gasteiger partial charge in [0.15, 0.2) is 0 Å². The van der Waals surface area contributed by atoms with Gasteiger partial charge in [0.2, 0.25) is 0 Å². The van der Waals surface area contributed by atoms with E-state index in [1.165, 1.54) is 22.3 Å². The van der Waals surface area contributed by atoms with Crippen molar-refractivity contribution in [1.29, 1.82) is 0 Å². The van der Waals surface area contributed by atoms with Gasteiger partial charge in [0.1, 0.15) is 5.82 Å². The Bertz CT molecular complexity index is 589. The second-order valence-electron chi connectivity index (χ2n) is 5.74. The van der Waals surface area contributed by atoms with Gasteiger partial charge in [-0.15, -0.1) is 0 Å². The number of benzene rings is 1.